The molecular weight excluding hydrogens is 338 g/mol. The second kappa shape index (κ2) is 10.4. The van der Waals surface area contributed by atoms with Crippen LogP contribution in [0.25, 0.3) is 0 Å². The highest BCUT2D eigenvalue weighted by Crippen LogP contribution is 2.17. The van der Waals surface area contributed by atoms with Crippen LogP contribution >= 0.6 is 0 Å². The first-order valence-electron chi connectivity index (χ1n) is 8.97. The number of amides is 1. The summed E-state index contributed by atoms with van der Waals surface area (Å²) in [6, 6.07) is 6.86. The third-order valence-electron chi connectivity index (χ3n) is 3.87. The van der Waals surface area contributed by atoms with E-state index in [1.807, 2.05) is 17.0 Å². The van der Waals surface area contributed by atoms with Crippen molar-refractivity contribution in [1.29, 1.82) is 0 Å². The molecule has 0 aromatic heterocycles. The first-order valence-corrected chi connectivity index (χ1v) is 10.8. The zero-order valence-corrected chi connectivity index (χ0v) is 16.6. The Labute approximate surface area is 152 Å². The Morgan fingerprint density at radius 2 is 1.80 bits per heavy atom. The van der Waals surface area contributed by atoms with Crippen molar-refractivity contribution in [3.8, 4) is 5.75 Å². The van der Waals surface area contributed by atoms with Crippen LogP contribution in [0.5, 0.6) is 5.75 Å². The summed E-state index contributed by atoms with van der Waals surface area (Å²) in [5.74, 6) is 1.01. The Morgan fingerprint density at radius 3 is 2.32 bits per heavy atom. The van der Waals surface area contributed by atoms with Crippen molar-refractivity contribution >= 4 is 16.0 Å². The van der Waals surface area contributed by atoms with Crippen molar-refractivity contribution < 1.29 is 17.4 Å². The molecule has 1 aromatic carbocycles. The van der Waals surface area contributed by atoms with Gasteiger partial charge in [-0.25, -0.2) is 0 Å². The van der Waals surface area contributed by atoms with Crippen LogP contribution < -0.4 is 4.18 Å². The number of carbonyl (C=O) groups excluding carboxylic acids is 1. The predicted octanol–water partition coefficient (Wildman–Crippen LogP) is 3.98. The standard InChI is InChI=1S/C19H31NO4S/c1-5-6-7-8-19(21)20(14-13-16(2)3)15-17-9-11-18(12-10-17)24-25(4,22)23/h9-12,16H,5-8,13-15H2,1-4H3. The van der Waals surface area contributed by atoms with E-state index in [1.165, 1.54) is 0 Å². The summed E-state index contributed by atoms with van der Waals surface area (Å²) in [5.41, 5.74) is 0.966. The molecule has 1 aromatic rings. The molecule has 6 heteroatoms. The van der Waals surface area contributed by atoms with E-state index in [0.29, 0.717) is 18.9 Å². The topological polar surface area (TPSA) is 63.7 Å². The monoisotopic (exact) mass is 369 g/mol. The van der Waals surface area contributed by atoms with Crippen LogP contribution in [-0.2, 0) is 21.5 Å². The molecule has 0 atom stereocenters. The van der Waals surface area contributed by atoms with Gasteiger partial charge in [-0.3, -0.25) is 4.79 Å². The van der Waals surface area contributed by atoms with Gasteiger partial charge in [-0.05, 0) is 36.5 Å². The number of hydrogen-bond donors (Lipinski definition) is 0. The van der Waals surface area contributed by atoms with E-state index in [0.717, 1.165) is 44.0 Å². The van der Waals surface area contributed by atoms with Gasteiger partial charge in [0.25, 0.3) is 0 Å². The first kappa shape index (κ1) is 21.5. The second-order valence-electron chi connectivity index (χ2n) is 6.89. The maximum absolute atomic E-state index is 12.5. The third kappa shape index (κ3) is 9.48. The summed E-state index contributed by atoms with van der Waals surface area (Å²) in [6.07, 6.45) is 5.66. The van der Waals surface area contributed by atoms with Crippen LogP contribution in [-0.4, -0.2) is 32.0 Å². The van der Waals surface area contributed by atoms with Crippen LogP contribution in [0.15, 0.2) is 24.3 Å². The van der Waals surface area contributed by atoms with Crippen LogP contribution in [0.3, 0.4) is 0 Å². The average molecular weight is 370 g/mol. The summed E-state index contributed by atoms with van der Waals surface area (Å²) in [4.78, 5) is 14.4. The Morgan fingerprint density at radius 1 is 1.16 bits per heavy atom. The second-order valence-corrected chi connectivity index (χ2v) is 8.46. The molecule has 0 unspecified atom stereocenters. The van der Waals surface area contributed by atoms with Gasteiger partial charge in [-0.15, -0.1) is 0 Å². The van der Waals surface area contributed by atoms with Gasteiger partial charge in [0, 0.05) is 19.5 Å². The van der Waals surface area contributed by atoms with Gasteiger partial charge in [0.2, 0.25) is 5.91 Å². The molecule has 1 rings (SSSR count). The molecule has 0 fully saturated rings. The fraction of sp³-hybridized carbons (Fsp3) is 0.632. The minimum Gasteiger partial charge on any atom is -0.383 e. The lowest BCUT2D eigenvalue weighted by Crippen LogP contribution is -2.32. The van der Waals surface area contributed by atoms with E-state index in [2.05, 4.69) is 20.8 Å². The number of benzene rings is 1. The fourth-order valence-electron chi connectivity index (χ4n) is 2.44. The van der Waals surface area contributed by atoms with Gasteiger partial charge in [-0.2, -0.15) is 8.42 Å². The molecule has 1 amide bonds. The zero-order chi connectivity index (χ0) is 18.9. The Bertz CT molecular complexity index is 623. The molecule has 0 aliphatic heterocycles. The minimum absolute atomic E-state index is 0.186. The molecular formula is C19H31NO4S. The number of unbranched alkanes of at least 4 members (excludes halogenated alkanes) is 2. The zero-order valence-electron chi connectivity index (χ0n) is 15.8. The van der Waals surface area contributed by atoms with E-state index in [9.17, 15) is 13.2 Å². The van der Waals surface area contributed by atoms with Crippen LogP contribution in [0, 0.1) is 5.92 Å². The van der Waals surface area contributed by atoms with E-state index < -0.39 is 10.1 Å². The maximum Gasteiger partial charge on any atom is 0.306 e. The summed E-state index contributed by atoms with van der Waals surface area (Å²) in [5, 5.41) is 0. The lowest BCUT2D eigenvalue weighted by molar-refractivity contribution is -0.132. The number of nitrogens with zero attached hydrogens (tertiary/aromatic N) is 1. The van der Waals surface area contributed by atoms with Crippen LogP contribution in [0.2, 0.25) is 0 Å². The SMILES string of the molecule is CCCCCC(=O)N(CCC(C)C)Cc1ccc(OS(C)(=O)=O)cc1. The van der Waals surface area contributed by atoms with Crippen molar-refractivity contribution in [2.45, 2.75) is 59.4 Å². The maximum atomic E-state index is 12.5. The molecule has 0 aliphatic carbocycles. The summed E-state index contributed by atoms with van der Waals surface area (Å²) in [6.45, 7) is 7.70. The molecule has 0 N–H and O–H groups in total. The molecule has 142 valence electrons. The highest BCUT2D eigenvalue weighted by atomic mass is 32.2. The molecule has 25 heavy (non-hydrogen) atoms. The van der Waals surface area contributed by atoms with Crippen molar-refractivity contribution in [1.82, 2.24) is 4.90 Å². The summed E-state index contributed by atoms with van der Waals surface area (Å²) >= 11 is 0. The normalized spacial score (nSPS) is 11.6. The van der Waals surface area contributed by atoms with Crippen molar-refractivity contribution in [3.05, 3.63) is 29.8 Å². The quantitative estimate of drug-likeness (QED) is 0.437. The molecule has 0 spiro atoms. The Kier molecular flexibility index (Phi) is 8.97. The van der Waals surface area contributed by atoms with E-state index in [-0.39, 0.29) is 11.7 Å². The molecule has 0 saturated heterocycles. The van der Waals surface area contributed by atoms with Gasteiger partial charge in [-0.1, -0.05) is 45.7 Å². The smallest absolute Gasteiger partial charge is 0.306 e. The highest BCUT2D eigenvalue weighted by molar-refractivity contribution is 7.86. The van der Waals surface area contributed by atoms with E-state index >= 15 is 0 Å². The molecule has 0 aliphatic rings. The predicted molar refractivity (Wildman–Crippen MR) is 101 cm³/mol. The number of rotatable bonds is 11. The summed E-state index contributed by atoms with van der Waals surface area (Å²) in [7, 11) is -3.52. The van der Waals surface area contributed by atoms with Crippen LogP contribution in [0.1, 0.15) is 58.4 Å². The lowest BCUT2D eigenvalue weighted by atomic mass is 10.1. The fourth-order valence-corrected chi connectivity index (χ4v) is 2.90. The molecule has 0 bridgehead atoms. The Balaban J connectivity index is 2.73. The van der Waals surface area contributed by atoms with E-state index in [4.69, 9.17) is 4.18 Å². The van der Waals surface area contributed by atoms with Crippen molar-refractivity contribution in [3.63, 3.8) is 0 Å². The molecule has 5 nitrogen and oxygen atoms in total. The van der Waals surface area contributed by atoms with Gasteiger partial charge < -0.3 is 9.08 Å². The largest absolute Gasteiger partial charge is 0.383 e. The first-order chi connectivity index (χ1) is 11.7. The molecule has 0 heterocycles. The third-order valence-corrected chi connectivity index (χ3v) is 4.36. The van der Waals surface area contributed by atoms with E-state index in [1.54, 1.807) is 12.1 Å². The number of carbonyl (C=O) groups is 1. The van der Waals surface area contributed by atoms with Crippen molar-refractivity contribution in [2.24, 2.45) is 5.92 Å². The van der Waals surface area contributed by atoms with Gasteiger partial charge in [0.1, 0.15) is 5.75 Å². The number of hydrogen-bond acceptors (Lipinski definition) is 4. The van der Waals surface area contributed by atoms with Crippen LogP contribution in [0.4, 0.5) is 0 Å². The van der Waals surface area contributed by atoms with Gasteiger partial charge >= 0.3 is 10.1 Å². The highest BCUT2D eigenvalue weighted by Gasteiger charge is 2.14. The lowest BCUT2D eigenvalue weighted by Gasteiger charge is -2.24. The average Bonchev–Trinajstić information content (AvgIpc) is 2.51. The van der Waals surface area contributed by atoms with Gasteiger partial charge in [0.05, 0.1) is 6.26 Å². The molecule has 0 radical (unpaired) electrons. The summed E-state index contributed by atoms with van der Waals surface area (Å²) < 4.78 is 27.1. The van der Waals surface area contributed by atoms with Crippen molar-refractivity contribution in [2.75, 3.05) is 12.8 Å². The molecule has 0 saturated carbocycles. The Hall–Kier alpha value is -1.56. The minimum atomic E-state index is -3.52. The van der Waals surface area contributed by atoms with Gasteiger partial charge in [0.15, 0.2) is 0 Å².